The minimum atomic E-state index is -0.674. The molecule has 0 saturated carbocycles. The van der Waals surface area contributed by atoms with E-state index in [2.05, 4.69) is 0 Å². The zero-order valence-corrected chi connectivity index (χ0v) is 10.4. The first kappa shape index (κ1) is 15.4. The van der Waals surface area contributed by atoms with E-state index >= 15 is 0 Å². The lowest BCUT2D eigenvalue weighted by molar-refractivity contribution is 0.133. The number of halogens is 2. The van der Waals surface area contributed by atoms with Gasteiger partial charge in [-0.15, -0.1) is 12.4 Å². The molecule has 0 unspecified atom stereocenters. The molecule has 0 radical (unpaired) electrons. The number of hydrogen-bond acceptors (Lipinski definition) is 2. The van der Waals surface area contributed by atoms with Gasteiger partial charge in [-0.05, 0) is 25.0 Å². The normalized spacial score (nSPS) is 14.1. The van der Waals surface area contributed by atoms with E-state index in [9.17, 15) is 9.50 Å². The molecule has 2 atom stereocenters. The highest BCUT2D eigenvalue weighted by Crippen LogP contribution is 2.21. The lowest BCUT2D eigenvalue weighted by atomic mass is 9.98. The number of rotatable bonds is 4. The monoisotopic (exact) mass is 247 g/mol. The maximum absolute atomic E-state index is 13.5. The lowest BCUT2D eigenvalue weighted by Gasteiger charge is -2.19. The van der Waals surface area contributed by atoms with Crippen molar-refractivity contribution in [3.8, 4) is 0 Å². The van der Waals surface area contributed by atoms with Gasteiger partial charge in [0.25, 0.3) is 0 Å². The second-order valence-electron chi connectivity index (χ2n) is 3.91. The van der Waals surface area contributed by atoms with Crippen molar-refractivity contribution in [3.63, 3.8) is 0 Å². The Morgan fingerprint density at radius 1 is 1.44 bits per heavy atom. The zero-order chi connectivity index (χ0) is 11.4. The molecule has 0 bridgehead atoms. The Morgan fingerprint density at radius 2 is 2.06 bits per heavy atom. The Hall–Kier alpha value is -0.640. The first-order valence-electron chi connectivity index (χ1n) is 5.26. The van der Waals surface area contributed by atoms with Crippen molar-refractivity contribution in [2.75, 3.05) is 0 Å². The van der Waals surface area contributed by atoms with Crippen molar-refractivity contribution in [2.24, 2.45) is 5.73 Å². The predicted octanol–water partition coefficient (Wildman–Crippen LogP) is 2.72. The van der Waals surface area contributed by atoms with Gasteiger partial charge in [-0.3, -0.25) is 0 Å². The standard InChI is InChI=1S/C12H18FNO.ClH/c1-3-4-11(15)12(14)9-6-5-8(2)7-10(9)13;/h5-7,11-12,15H,3-4,14H2,1-2H3;1H/t11-,12+;/m1./s1. The molecule has 1 aromatic rings. The van der Waals surface area contributed by atoms with Crippen LogP contribution in [0.15, 0.2) is 18.2 Å². The van der Waals surface area contributed by atoms with Gasteiger partial charge in [-0.25, -0.2) is 4.39 Å². The molecule has 0 aliphatic rings. The summed E-state index contributed by atoms with van der Waals surface area (Å²) in [4.78, 5) is 0. The van der Waals surface area contributed by atoms with E-state index in [4.69, 9.17) is 5.73 Å². The van der Waals surface area contributed by atoms with Crippen LogP contribution in [0.5, 0.6) is 0 Å². The molecule has 0 amide bonds. The van der Waals surface area contributed by atoms with Gasteiger partial charge in [-0.2, -0.15) is 0 Å². The number of aryl methyl sites for hydroxylation is 1. The molecule has 1 aromatic carbocycles. The van der Waals surface area contributed by atoms with Gasteiger partial charge in [0, 0.05) is 5.56 Å². The van der Waals surface area contributed by atoms with Crippen molar-refractivity contribution in [2.45, 2.75) is 38.8 Å². The molecular weight excluding hydrogens is 229 g/mol. The Balaban J connectivity index is 0.00000225. The summed E-state index contributed by atoms with van der Waals surface area (Å²) < 4.78 is 13.5. The van der Waals surface area contributed by atoms with Crippen LogP contribution in [0.4, 0.5) is 4.39 Å². The van der Waals surface area contributed by atoms with Gasteiger partial charge in [0.2, 0.25) is 0 Å². The number of hydrogen-bond donors (Lipinski definition) is 2. The van der Waals surface area contributed by atoms with Crippen LogP contribution in [0.25, 0.3) is 0 Å². The molecule has 16 heavy (non-hydrogen) atoms. The Bertz CT molecular complexity index is 333. The van der Waals surface area contributed by atoms with E-state index in [-0.39, 0.29) is 18.2 Å². The van der Waals surface area contributed by atoms with Crippen molar-refractivity contribution in [1.29, 1.82) is 0 Å². The van der Waals surface area contributed by atoms with Crippen molar-refractivity contribution < 1.29 is 9.50 Å². The minimum Gasteiger partial charge on any atom is -0.391 e. The average molecular weight is 248 g/mol. The lowest BCUT2D eigenvalue weighted by Crippen LogP contribution is -2.26. The fraction of sp³-hybridized carbons (Fsp3) is 0.500. The van der Waals surface area contributed by atoms with Crippen LogP contribution in [0.1, 0.15) is 36.9 Å². The Morgan fingerprint density at radius 3 is 2.56 bits per heavy atom. The van der Waals surface area contributed by atoms with Gasteiger partial charge in [0.1, 0.15) is 5.82 Å². The largest absolute Gasteiger partial charge is 0.391 e. The molecule has 0 aliphatic heterocycles. The summed E-state index contributed by atoms with van der Waals surface area (Å²) in [6.07, 6.45) is 0.754. The van der Waals surface area contributed by atoms with Crippen LogP contribution < -0.4 is 5.73 Å². The summed E-state index contributed by atoms with van der Waals surface area (Å²) >= 11 is 0. The van der Waals surface area contributed by atoms with Crippen LogP contribution in [-0.4, -0.2) is 11.2 Å². The van der Waals surface area contributed by atoms with E-state index in [0.717, 1.165) is 12.0 Å². The molecule has 0 aliphatic carbocycles. The quantitative estimate of drug-likeness (QED) is 0.860. The minimum absolute atomic E-state index is 0. The van der Waals surface area contributed by atoms with Gasteiger partial charge in [0.15, 0.2) is 0 Å². The van der Waals surface area contributed by atoms with E-state index in [1.807, 2.05) is 13.8 Å². The molecule has 0 fully saturated rings. The van der Waals surface area contributed by atoms with Gasteiger partial charge in [0.05, 0.1) is 12.1 Å². The summed E-state index contributed by atoms with van der Waals surface area (Å²) in [5, 5.41) is 9.67. The van der Waals surface area contributed by atoms with E-state index < -0.39 is 12.1 Å². The number of benzene rings is 1. The first-order valence-corrected chi connectivity index (χ1v) is 5.26. The van der Waals surface area contributed by atoms with Crippen LogP contribution in [0, 0.1) is 12.7 Å². The second kappa shape index (κ2) is 6.84. The maximum Gasteiger partial charge on any atom is 0.128 e. The van der Waals surface area contributed by atoms with Crippen LogP contribution in [0.2, 0.25) is 0 Å². The average Bonchev–Trinajstić information content (AvgIpc) is 2.17. The number of aliphatic hydroxyl groups excluding tert-OH is 1. The summed E-state index contributed by atoms with van der Waals surface area (Å²) in [6, 6.07) is 4.25. The van der Waals surface area contributed by atoms with Crippen molar-refractivity contribution >= 4 is 12.4 Å². The summed E-state index contributed by atoms with van der Waals surface area (Å²) in [7, 11) is 0. The van der Waals surface area contributed by atoms with Crippen LogP contribution >= 0.6 is 12.4 Å². The molecule has 0 saturated heterocycles. The van der Waals surface area contributed by atoms with E-state index in [1.54, 1.807) is 12.1 Å². The van der Waals surface area contributed by atoms with E-state index in [0.29, 0.717) is 12.0 Å². The first-order chi connectivity index (χ1) is 7.06. The molecular formula is C12H19ClFNO. The SMILES string of the molecule is CCC[C@@H](O)[C@@H](N)c1ccc(C)cc1F.Cl. The van der Waals surface area contributed by atoms with Gasteiger partial charge >= 0.3 is 0 Å². The van der Waals surface area contributed by atoms with Gasteiger partial charge in [-0.1, -0.05) is 25.5 Å². The zero-order valence-electron chi connectivity index (χ0n) is 9.61. The second-order valence-corrected chi connectivity index (χ2v) is 3.91. The fourth-order valence-corrected chi connectivity index (χ4v) is 1.59. The maximum atomic E-state index is 13.5. The highest BCUT2D eigenvalue weighted by atomic mass is 35.5. The van der Waals surface area contributed by atoms with E-state index in [1.165, 1.54) is 6.07 Å². The third-order valence-electron chi connectivity index (χ3n) is 2.51. The Labute approximate surface area is 102 Å². The smallest absolute Gasteiger partial charge is 0.128 e. The highest BCUT2D eigenvalue weighted by molar-refractivity contribution is 5.85. The number of nitrogens with two attached hydrogens (primary N) is 1. The molecule has 3 N–H and O–H groups in total. The Kier molecular flexibility index (Phi) is 6.56. The van der Waals surface area contributed by atoms with Crippen molar-refractivity contribution in [3.05, 3.63) is 35.1 Å². The molecule has 0 heterocycles. The topological polar surface area (TPSA) is 46.2 Å². The molecule has 1 rings (SSSR count). The molecule has 4 heteroatoms. The van der Waals surface area contributed by atoms with Crippen LogP contribution in [0.3, 0.4) is 0 Å². The summed E-state index contributed by atoms with van der Waals surface area (Å²) in [6.45, 7) is 3.78. The van der Waals surface area contributed by atoms with Crippen molar-refractivity contribution in [1.82, 2.24) is 0 Å². The molecule has 2 nitrogen and oxygen atoms in total. The summed E-state index contributed by atoms with van der Waals surface area (Å²) in [5.74, 6) is -0.336. The summed E-state index contributed by atoms with van der Waals surface area (Å²) in [5.41, 5.74) is 7.03. The third-order valence-corrected chi connectivity index (χ3v) is 2.51. The number of aliphatic hydroxyl groups is 1. The fourth-order valence-electron chi connectivity index (χ4n) is 1.59. The molecule has 92 valence electrons. The van der Waals surface area contributed by atoms with Gasteiger partial charge < -0.3 is 10.8 Å². The third kappa shape index (κ3) is 3.74. The predicted molar refractivity (Wildman–Crippen MR) is 66.2 cm³/mol. The molecule has 0 aromatic heterocycles. The highest BCUT2D eigenvalue weighted by Gasteiger charge is 2.18. The molecule has 0 spiro atoms. The van der Waals surface area contributed by atoms with Crippen LogP contribution in [-0.2, 0) is 0 Å².